The number of benzene rings is 2. The van der Waals surface area contributed by atoms with Crippen molar-refractivity contribution in [1.29, 1.82) is 0 Å². The van der Waals surface area contributed by atoms with Crippen molar-refractivity contribution in [2.45, 2.75) is 88.2 Å². The molecule has 0 saturated heterocycles. The van der Waals surface area contributed by atoms with E-state index in [9.17, 15) is 22.0 Å². The first-order chi connectivity index (χ1) is 18.4. The van der Waals surface area contributed by atoms with Crippen LogP contribution in [0.3, 0.4) is 0 Å². The Morgan fingerprint density at radius 3 is 1.82 bits per heavy atom. The average Bonchev–Trinajstić information content (AvgIpc) is 2.89. The Bertz CT molecular complexity index is 1050. The molecular formula is C29H33F7O3. The number of rotatable bonds is 9. The van der Waals surface area contributed by atoms with Gasteiger partial charge in [0, 0.05) is 7.11 Å². The minimum atomic E-state index is -5.22. The SMILES string of the molecule is COCCc1ccc(C2CCC(C(F)(F)OC3CCC(c4cc(F)c(OC(F)(F)F)c(F)c4)CC3)CC2)cc1. The molecule has 2 fully saturated rings. The zero-order valence-corrected chi connectivity index (χ0v) is 21.7. The lowest BCUT2D eigenvalue weighted by molar-refractivity contribution is -0.300. The van der Waals surface area contributed by atoms with Crippen LogP contribution in [0.1, 0.15) is 79.9 Å². The van der Waals surface area contributed by atoms with Crippen molar-refractivity contribution >= 4 is 0 Å². The summed E-state index contributed by atoms with van der Waals surface area (Å²) in [5, 5.41) is 0. The topological polar surface area (TPSA) is 27.7 Å². The van der Waals surface area contributed by atoms with E-state index in [-0.39, 0.29) is 30.2 Å². The normalized spacial score (nSPS) is 24.5. The number of hydrogen-bond acceptors (Lipinski definition) is 3. The van der Waals surface area contributed by atoms with Gasteiger partial charge >= 0.3 is 12.5 Å². The summed E-state index contributed by atoms with van der Waals surface area (Å²) >= 11 is 0. The van der Waals surface area contributed by atoms with Gasteiger partial charge in [-0.15, -0.1) is 13.2 Å². The van der Waals surface area contributed by atoms with E-state index in [2.05, 4.69) is 29.0 Å². The molecule has 39 heavy (non-hydrogen) atoms. The molecule has 3 nitrogen and oxygen atoms in total. The molecule has 0 unspecified atom stereocenters. The van der Waals surface area contributed by atoms with Crippen molar-refractivity contribution < 1.29 is 44.9 Å². The molecule has 0 aliphatic heterocycles. The summed E-state index contributed by atoms with van der Waals surface area (Å²) in [5.74, 6) is -5.43. The fraction of sp³-hybridized carbons (Fsp3) is 0.586. The van der Waals surface area contributed by atoms with Gasteiger partial charge < -0.3 is 14.2 Å². The molecule has 0 spiro atoms. The standard InChI is InChI=1S/C29H33F7O3/c1-37-15-14-18-2-4-19(5-3-18)20-6-10-23(11-7-20)28(32,33)38-24-12-8-21(9-13-24)22-16-25(30)27(26(31)17-22)39-29(34,35)36/h2-5,16-17,20-21,23-24H,6-15H2,1H3. The van der Waals surface area contributed by atoms with Crippen LogP contribution in [-0.4, -0.2) is 32.3 Å². The summed E-state index contributed by atoms with van der Waals surface area (Å²) in [4.78, 5) is 0. The second-order valence-corrected chi connectivity index (χ2v) is 10.5. The molecule has 2 aliphatic carbocycles. The van der Waals surface area contributed by atoms with Crippen LogP contribution in [0.4, 0.5) is 30.7 Å². The van der Waals surface area contributed by atoms with E-state index in [4.69, 9.17) is 9.47 Å². The highest BCUT2D eigenvalue weighted by molar-refractivity contribution is 5.33. The van der Waals surface area contributed by atoms with Gasteiger partial charge in [0.25, 0.3) is 0 Å². The number of alkyl halides is 5. The van der Waals surface area contributed by atoms with Crippen molar-refractivity contribution in [2.24, 2.45) is 5.92 Å². The third kappa shape index (κ3) is 7.87. The molecule has 4 rings (SSSR count). The van der Waals surface area contributed by atoms with Crippen LogP contribution in [0.2, 0.25) is 0 Å². The molecule has 10 heteroatoms. The second-order valence-electron chi connectivity index (χ2n) is 10.5. The molecule has 0 bridgehead atoms. The molecule has 216 valence electrons. The van der Waals surface area contributed by atoms with Gasteiger partial charge in [-0.3, -0.25) is 0 Å². The van der Waals surface area contributed by atoms with Crippen molar-refractivity contribution in [3.8, 4) is 5.75 Å². The Hall–Kier alpha value is -2.33. The highest BCUT2D eigenvalue weighted by atomic mass is 19.4. The van der Waals surface area contributed by atoms with Gasteiger partial charge in [0.1, 0.15) is 0 Å². The van der Waals surface area contributed by atoms with E-state index in [1.165, 1.54) is 5.56 Å². The molecule has 0 heterocycles. The smallest absolute Gasteiger partial charge is 0.399 e. The minimum absolute atomic E-state index is 0.176. The Kier molecular flexibility index (Phi) is 9.47. The van der Waals surface area contributed by atoms with Crippen LogP contribution in [-0.2, 0) is 15.9 Å². The molecular weight excluding hydrogens is 529 g/mol. The van der Waals surface area contributed by atoms with Gasteiger partial charge in [-0.2, -0.15) is 8.78 Å². The molecule has 0 aromatic heterocycles. The van der Waals surface area contributed by atoms with Gasteiger partial charge in [0.15, 0.2) is 11.6 Å². The van der Waals surface area contributed by atoms with Gasteiger partial charge in [-0.05, 0) is 98.4 Å². The lowest BCUT2D eigenvalue weighted by Crippen LogP contribution is -2.38. The molecule has 2 aliphatic rings. The number of ether oxygens (including phenoxy) is 3. The first-order valence-electron chi connectivity index (χ1n) is 13.3. The largest absolute Gasteiger partial charge is 0.573 e. The average molecular weight is 563 g/mol. The number of halogens is 7. The van der Waals surface area contributed by atoms with E-state index in [0.29, 0.717) is 45.1 Å². The van der Waals surface area contributed by atoms with Gasteiger partial charge in [0.2, 0.25) is 5.75 Å². The second kappa shape index (κ2) is 12.5. The first kappa shape index (κ1) is 29.6. The summed E-state index contributed by atoms with van der Waals surface area (Å²) in [6, 6.07) is 9.88. The molecule has 0 N–H and O–H groups in total. The fourth-order valence-electron chi connectivity index (χ4n) is 5.80. The maximum atomic E-state index is 15.1. The number of hydrogen-bond donors (Lipinski definition) is 0. The van der Waals surface area contributed by atoms with Gasteiger partial charge in [0.05, 0.1) is 18.6 Å². The molecule has 0 radical (unpaired) electrons. The van der Waals surface area contributed by atoms with E-state index >= 15 is 8.78 Å². The van der Waals surface area contributed by atoms with E-state index < -0.39 is 41.9 Å². The van der Waals surface area contributed by atoms with Crippen LogP contribution in [0, 0.1) is 17.6 Å². The number of methoxy groups -OCH3 is 1. The van der Waals surface area contributed by atoms with Crippen LogP contribution >= 0.6 is 0 Å². The van der Waals surface area contributed by atoms with Crippen molar-refractivity contribution in [2.75, 3.05) is 13.7 Å². The summed E-state index contributed by atoms with van der Waals surface area (Å²) in [6.45, 7) is 0.645. The Labute approximate surface area is 223 Å². The minimum Gasteiger partial charge on any atom is -0.399 e. The molecule has 0 atom stereocenters. The van der Waals surface area contributed by atoms with Crippen LogP contribution in [0.15, 0.2) is 36.4 Å². The maximum Gasteiger partial charge on any atom is 0.573 e. The van der Waals surface area contributed by atoms with Gasteiger partial charge in [-0.1, -0.05) is 24.3 Å². The predicted octanol–water partition coefficient (Wildman–Crippen LogP) is 8.66. The summed E-state index contributed by atoms with van der Waals surface area (Å²) in [7, 11) is 1.66. The lowest BCUT2D eigenvalue weighted by Gasteiger charge is -2.37. The van der Waals surface area contributed by atoms with E-state index in [1.807, 2.05) is 0 Å². The summed E-state index contributed by atoms with van der Waals surface area (Å²) in [6.07, 6.45) is -5.20. The Balaban J connectivity index is 1.26. The van der Waals surface area contributed by atoms with Crippen LogP contribution in [0.5, 0.6) is 5.75 Å². The van der Waals surface area contributed by atoms with Crippen LogP contribution < -0.4 is 4.74 Å². The fourth-order valence-corrected chi connectivity index (χ4v) is 5.80. The first-order valence-corrected chi connectivity index (χ1v) is 13.3. The maximum absolute atomic E-state index is 15.1. The zero-order valence-electron chi connectivity index (χ0n) is 21.7. The molecule has 2 saturated carbocycles. The van der Waals surface area contributed by atoms with Gasteiger partial charge in [-0.25, -0.2) is 8.78 Å². The van der Waals surface area contributed by atoms with E-state index in [1.54, 1.807) is 7.11 Å². The Morgan fingerprint density at radius 2 is 1.28 bits per heavy atom. The summed E-state index contributed by atoms with van der Waals surface area (Å²) < 4.78 is 109. The highest BCUT2D eigenvalue weighted by Crippen LogP contribution is 2.45. The quantitative estimate of drug-likeness (QED) is 0.286. The van der Waals surface area contributed by atoms with Crippen molar-refractivity contribution in [1.82, 2.24) is 0 Å². The van der Waals surface area contributed by atoms with Crippen molar-refractivity contribution in [3.05, 3.63) is 64.7 Å². The lowest BCUT2D eigenvalue weighted by atomic mass is 9.78. The third-order valence-corrected chi connectivity index (χ3v) is 7.96. The van der Waals surface area contributed by atoms with Crippen molar-refractivity contribution in [3.63, 3.8) is 0 Å². The third-order valence-electron chi connectivity index (χ3n) is 7.96. The monoisotopic (exact) mass is 562 g/mol. The molecule has 2 aromatic carbocycles. The molecule has 0 amide bonds. The van der Waals surface area contributed by atoms with E-state index in [0.717, 1.165) is 24.1 Å². The molecule has 2 aromatic rings. The van der Waals surface area contributed by atoms with Crippen LogP contribution in [0.25, 0.3) is 0 Å². The zero-order chi connectivity index (χ0) is 28.2. The highest BCUT2D eigenvalue weighted by Gasteiger charge is 2.45. The summed E-state index contributed by atoms with van der Waals surface area (Å²) in [5.41, 5.74) is 2.50. The Morgan fingerprint density at radius 1 is 0.744 bits per heavy atom. The predicted molar refractivity (Wildman–Crippen MR) is 131 cm³/mol.